The van der Waals surface area contributed by atoms with Crippen molar-refractivity contribution in [3.8, 4) is 17.2 Å². The molecule has 0 saturated carbocycles. The summed E-state index contributed by atoms with van der Waals surface area (Å²) in [6.07, 6.45) is 0.0647. The Bertz CT molecular complexity index is 726. The number of halogens is 3. The first-order valence-electron chi connectivity index (χ1n) is 6.65. The average Bonchev–Trinajstić information content (AvgIpc) is 2.45. The Kier molecular flexibility index (Phi) is 6.33. The zero-order valence-corrected chi connectivity index (χ0v) is 17.3. The molecule has 2 aromatic carbocycles. The van der Waals surface area contributed by atoms with Gasteiger partial charge in [0.05, 0.1) is 18.9 Å². The third-order valence-corrected chi connectivity index (χ3v) is 5.25. The van der Waals surface area contributed by atoms with Gasteiger partial charge in [-0.3, -0.25) is 4.79 Å². The molecule has 0 aliphatic carbocycles. The van der Waals surface area contributed by atoms with Crippen LogP contribution in [-0.2, 0) is 4.79 Å². The van der Waals surface area contributed by atoms with E-state index in [9.17, 15) is 9.90 Å². The molecule has 4 nitrogen and oxygen atoms in total. The maximum absolute atomic E-state index is 10.9. The Balaban J connectivity index is 2.29. The van der Waals surface area contributed by atoms with Crippen LogP contribution in [0.2, 0.25) is 0 Å². The summed E-state index contributed by atoms with van der Waals surface area (Å²) in [5.74, 6) is 0.458. The third-order valence-electron chi connectivity index (χ3n) is 3.21. The molecule has 0 saturated heterocycles. The predicted octanol–water partition coefficient (Wildman–Crippen LogP) is 5.89. The molecule has 0 bridgehead atoms. The smallest absolute Gasteiger partial charge is 0.303 e. The van der Waals surface area contributed by atoms with Crippen molar-refractivity contribution in [1.29, 1.82) is 0 Å². The van der Waals surface area contributed by atoms with E-state index in [1.807, 2.05) is 41.6 Å². The van der Waals surface area contributed by atoms with Gasteiger partial charge >= 0.3 is 5.97 Å². The number of benzene rings is 2. The monoisotopic (exact) mass is 554 g/mol. The number of carbonyl (C=O) groups is 1. The van der Waals surface area contributed by atoms with Crippen LogP contribution >= 0.6 is 54.5 Å². The SMILES string of the molecule is CC(CC(=O)O)c1cc(Br)c(Oc2ccc(O)c(I)c2)c(Br)c1. The number of phenols is 1. The highest BCUT2D eigenvalue weighted by molar-refractivity contribution is 14.1. The van der Waals surface area contributed by atoms with E-state index < -0.39 is 5.97 Å². The number of hydrogen-bond acceptors (Lipinski definition) is 3. The van der Waals surface area contributed by atoms with Gasteiger partial charge in [0.1, 0.15) is 11.5 Å². The average molecular weight is 556 g/mol. The van der Waals surface area contributed by atoms with Crippen LogP contribution in [-0.4, -0.2) is 16.2 Å². The fourth-order valence-electron chi connectivity index (χ4n) is 2.01. The molecule has 2 aromatic rings. The number of phenolic OH excluding ortho intramolecular Hbond substituents is 1. The van der Waals surface area contributed by atoms with Crippen LogP contribution in [0.1, 0.15) is 24.8 Å². The van der Waals surface area contributed by atoms with Gasteiger partial charge in [-0.05, 0) is 96.3 Å². The molecule has 1 atom stereocenters. The van der Waals surface area contributed by atoms with Crippen LogP contribution in [0.15, 0.2) is 39.3 Å². The van der Waals surface area contributed by atoms with E-state index in [-0.39, 0.29) is 18.1 Å². The molecule has 0 aliphatic heterocycles. The minimum Gasteiger partial charge on any atom is -0.507 e. The molecule has 2 rings (SSSR count). The summed E-state index contributed by atoms with van der Waals surface area (Å²) in [5, 5.41) is 18.5. The molecule has 0 aromatic heterocycles. The number of aromatic hydroxyl groups is 1. The number of hydrogen-bond donors (Lipinski definition) is 2. The van der Waals surface area contributed by atoms with Crippen molar-refractivity contribution in [3.05, 3.63) is 48.4 Å². The number of aliphatic carboxylic acids is 1. The van der Waals surface area contributed by atoms with Gasteiger partial charge in [0, 0.05) is 0 Å². The largest absolute Gasteiger partial charge is 0.507 e. The second-order valence-electron chi connectivity index (χ2n) is 5.03. The number of rotatable bonds is 5. The Morgan fingerprint density at radius 2 is 1.87 bits per heavy atom. The highest BCUT2D eigenvalue weighted by atomic mass is 127. The van der Waals surface area contributed by atoms with Gasteiger partial charge in [-0.15, -0.1) is 0 Å². The van der Waals surface area contributed by atoms with Gasteiger partial charge in [-0.2, -0.15) is 0 Å². The molecule has 0 amide bonds. The lowest BCUT2D eigenvalue weighted by molar-refractivity contribution is -0.137. The van der Waals surface area contributed by atoms with Crippen LogP contribution in [0.25, 0.3) is 0 Å². The van der Waals surface area contributed by atoms with E-state index in [0.717, 1.165) is 14.5 Å². The molecular weight excluding hydrogens is 543 g/mol. The van der Waals surface area contributed by atoms with E-state index in [1.54, 1.807) is 18.2 Å². The van der Waals surface area contributed by atoms with Crippen LogP contribution in [0.3, 0.4) is 0 Å². The lowest BCUT2D eigenvalue weighted by Gasteiger charge is -2.15. The molecule has 0 radical (unpaired) electrons. The van der Waals surface area contributed by atoms with Gasteiger partial charge in [-0.1, -0.05) is 6.92 Å². The van der Waals surface area contributed by atoms with Crippen molar-refractivity contribution < 1.29 is 19.7 Å². The minimum absolute atomic E-state index is 0.0647. The van der Waals surface area contributed by atoms with Crippen molar-refractivity contribution in [2.45, 2.75) is 19.3 Å². The number of carboxylic acids is 1. The fraction of sp³-hybridized carbons (Fsp3) is 0.188. The van der Waals surface area contributed by atoms with E-state index in [0.29, 0.717) is 15.1 Å². The minimum atomic E-state index is -0.830. The van der Waals surface area contributed by atoms with Gasteiger partial charge in [-0.25, -0.2) is 0 Å². The van der Waals surface area contributed by atoms with Gasteiger partial charge in [0.15, 0.2) is 5.75 Å². The molecular formula is C16H13Br2IO4. The van der Waals surface area contributed by atoms with Gasteiger partial charge in [0.25, 0.3) is 0 Å². The zero-order chi connectivity index (χ0) is 17.1. The Hall–Kier alpha value is -0.800. The maximum atomic E-state index is 10.9. The lowest BCUT2D eigenvalue weighted by Crippen LogP contribution is -2.03. The summed E-state index contributed by atoms with van der Waals surface area (Å²) >= 11 is 8.96. The highest BCUT2D eigenvalue weighted by Crippen LogP contribution is 2.40. The van der Waals surface area contributed by atoms with Crippen LogP contribution < -0.4 is 4.74 Å². The highest BCUT2D eigenvalue weighted by Gasteiger charge is 2.16. The van der Waals surface area contributed by atoms with Crippen molar-refractivity contribution in [1.82, 2.24) is 0 Å². The topological polar surface area (TPSA) is 66.8 Å². The maximum Gasteiger partial charge on any atom is 0.303 e. The zero-order valence-electron chi connectivity index (χ0n) is 12.0. The summed E-state index contributed by atoms with van der Waals surface area (Å²) in [4.78, 5) is 10.9. The summed E-state index contributed by atoms with van der Waals surface area (Å²) in [5.41, 5.74) is 0.902. The second-order valence-corrected chi connectivity index (χ2v) is 7.90. The Labute approximate surface area is 164 Å². The van der Waals surface area contributed by atoms with E-state index in [4.69, 9.17) is 9.84 Å². The van der Waals surface area contributed by atoms with Gasteiger partial charge < -0.3 is 14.9 Å². The molecule has 0 fully saturated rings. The summed E-state index contributed by atoms with van der Waals surface area (Å²) in [6, 6.07) is 8.70. The van der Waals surface area contributed by atoms with Crippen molar-refractivity contribution in [2.24, 2.45) is 0 Å². The molecule has 23 heavy (non-hydrogen) atoms. The molecule has 7 heteroatoms. The van der Waals surface area contributed by atoms with Crippen LogP contribution in [0, 0.1) is 3.57 Å². The van der Waals surface area contributed by atoms with Crippen molar-refractivity contribution in [2.75, 3.05) is 0 Å². The molecule has 0 heterocycles. The van der Waals surface area contributed by atoms with Crippen molar-refractivity contribution in [3.63, 3.8) is 0 Å². The van der Waals surface area contributed by atoms with E-state index in [2.05, 4.69) is 31.9 Å². The molecule has 122 valence electrons. The number of carboxylic acid groups (broad SMARTS) is 1. The van der Waals surface area contributed by atoms with Crippen LogP contribution in [0.5, 0.6) is 17.2 Å². The first kappa shape index (κ1) is 18.5. The first-order valence-corrected chi connectivity index (χ1v) is 9.31. The first-order chi connectivity index (χ1) is 10.8. The molecule has 0 aliphatic rings. The molecule has 0 spiro atoms. The Morgan fingerprint density at radius 3 is 2.39 bits per heavy atom. The van der Waals surface area contributed by atoms with E-state index in [1.165, 1.54) is 0 Å². The normalized spacial score (nSPS) is 12.0. The standard InChI is InChI=1S/C16H13Br2IO4/c1-8(4-15(21)22)9-5-11(17)16(12(18)6-9)23-10-2-3-14(20)13(19)7-10/h2-3,5-8,20H,4H2,1H3,(H,21,22). The molecule has 1 unspecified atom stereocenters. The van der Waals surface area contributed by atoms with E-state index >= 15 is 0 Å². The lowest BCUT2D eigenvalue weighted by atomic mass is 9.98. The quantitative estimate of drug-likeness (QED) is 0.451. The fourth-order valence-corrected chi connectivity index (χ4v) is 3.88. The van der Waals surface area contributed by atoms with Gasteiger partial charge in [0.2, 0.25) is 0 Å². The Morgan fingerprint density at radius 1 is 1.26 bits per heavy atom. The molecule has 2 N–H and O–H groups in total. The summed E-state index contributed by atoms with van der Waals surface area (Å²) in [7, 11) is 0. The summed E-state index contributed by atoms with van der Waals surface area (Å²) < 4.78 is 8.01. The van der Waals surface area contributed by atoms with Crippen LogP contribution in [0.4, 0.5) is 0 Å². The second kappa shape index (κ2) is 7.85. The number of ether oxygens (including phenoxy) is 1. The third kappa shape index (κ3) is 4.84. The van der Waals surface area contributed by atoms with Crippen molar-refractivity contribution >= 4 is 60.4 Å². The predicted molar refractivity (Wildman–Crippen MR) is 103 cm³/mol. The summed E-state index contributed by atoms with van der Waals surface area (Å²) in [6.45, 7) is 1.87.